The van der Waals surface area contributed by atoms with Crippen LogP contribution in [0.25, 0.3) is 0 Å². The number of hydrogen-bond acceptors (Lipinski definition) is 2. The Bertz CT molecular complexity index is 450. The molecular weight excluding hydrogens is 262 g/mol. The molecule has 0 aromatic heterocycles. The lowest BCUT2D eigenvalue weighted by atomic mass is 9.97. The van der Waals surface area contributed by atoms with E-state index in [2.05, 4.69) is 5.32 Å². The third kappa shape index (κ3) is 3.61. The summed E-state index contributed by atoms with van der Waals surface area (Å²) < 4.78 is 0. The normalized spacial score (nSPS) is 21.0. The SMILES string of the molecule is CC(N)C1CCCCN1C(=O)Nc1cccc(Cl)c1. The molecule has 3 N–H and O–H groups in total. The average molecular weight is 282 g/mol. The maximum absolute atomic E-state index is 12.3. The molecular formula is C14H20ClN3O. The number of amides is 2. The van der Waals surface area contributed by atoms with Crippen LogP contribution in [0.1, 0.15) is 26.2 Å². The molecule has 1 aromatic rings. The zero-order valence-corrected chi connectivity index (χ0v) is 11.9. The molecule has 0 bridgehead atoms. The van der Waals surface area contributed by atoms with Crippen LogP contribution in [0, 0.1) is 0 Å². The van der Waals surface area contributed by atoms with E-state index in [1.807, 2.05) is 24.0 Å². The lowest BCUT2D eigenvalue weighted by Crippen LogP contribution is -2.53. The predicted octanol–water partition coefficient (Wildman–Crippen LogP) is 3.07. The van der Waals surface area contributed by atoms with Crippen molar-refractivity contribution in [3.63, 3.8) is 0 Å². The second kappa shape index (κ2) is 6.26. The van der Waals surface area contributed by atoms with Crippen molar-refractivity contribution >= 4 is 23.3 Å². The highest BCUT2D eigenvalue weighted by Crippen LogP contribution is 2.21. The molecule has 19 heavy (non-hydrogen) atoms. The number of hydrogen-bond donors (Lipinski definition) is 2. The van der Waals surface area contributed by atoms with Crippen LogP contribution in [0.4, 0.5) is 10.5 Å². The number of anilines is 1. The highest BCUT2D eigenvalue weighted by molar-refractivity contribution is 6.30. The molecule has 0 aliphatic carbocycles. The predicted molar refractivity (Wildman–Crippen MR) is 78.5 cm³/mol. The lowest BCUT2D eigenvalue weighted by molar-refractivity contribution is 0.151. The number of piperidine rings is 1. The van der Waals surface area contributed by atoms with Crippen molar-refractivity contribution in [1.29, 1.82) is 0 Å². The Hall–Kier alpha value is -1.26. The molecule has 0 spiro atoms. The minimum atomic E-state index is -0.0933. The third-order valence-corrected chi connectivity index (χ3v) is 3.73. The minimum Gasteiger partial charge on any atom is -0.326 e. The Labute approximate surface area is 118 Å². The number of nitrogens with zero attached hydrogens (tertiary/aromatic N) is 1. The summed E-state index contributed by atoms with van der Waals surface area (Å²) in [7, 11) is 0. The summed E-state index contributed by atoms with van der Waals surface area (Å²) >= 11 is 5.91. The van der Waals surface area contributed by atoms with Crippen molar-refractivity contribution in [2.75, 3.05) is 11.9 Å². The van der Waals surface area contributed by atoms with Gasteiger partial charge in [0.1, 0.15) is 0 Å². The Morgan fingerprint density at radius 3 is 3.00 bits per heavy atom. The zero-order chi connectivity index (χ0) is 13.8. The van der Waals surface area contributed by atoms with Crippen LogP contribution >= 0.6 is 11.6 Å². The first-order valence-electron chi connectivity index (χ1n) is 6.66. The number of nitrogens with two attached hydrogens (primary N) is 1. The van der Waals surface area contributed by atoms with E-state index >= 15 is 0 Å². The quantitative estimate of drug-likeness (QED) is 0.875. The number of rotatable bonds is 2. The van der Waals surface area contributed by atoms with Crippen molar-refractivity contribution < 1.29 is 4.79 Å². The first-order valence-corrected chi connectivity index (χ1v) is 7.04. The van der Waals surface area contributed by atoms with Crippen LogP contribution in [0.2, 0.25) is 5.02 Å². The van der Waals surface area contributed by atoms with Crippen LogP contribution < -0.4 is 11.1 Å². The zero-order valence-electron chi connectivity index (χ0n) is 11.1. The Morgan fingerprint density at radius 2 is 2.32 bits per heavy atom. The van der Waals surface area contributed by atoms with Crippen molar-refractivity contribution in [3.05, 3.63) is 29.3 Å². The summed E-state index contributed by atoms with van der Waals surface area (Å²) in [5, 5.41) is 3.50. The summed E-state index contributed by atoms with van der Waals surface area (Å²) in [4.78, 5) is 14.2. The number of halogens is 1. The number of nitrogens with one attached hydrogen (secondary N) is 1. The molecule has 1 fully saturated rings. The van der Waals surface area contributed by atoms with Gasteiger partial charge in [-0.25, -0.2) is 4.79 Å². The van der Waals surface area contributed by atoms with E-state index in [1.54, 1.807) is 12.1 Å². The number of carbonyl (C=O) groups excluding carboxylic acids is 1. The van der Waals surface area contributed by atoms with E-state index in [1.165, 1.54) is 0 Å². The van der Waals surface area contributed by atoms with Gasteiger partial charge < -0.3 is 16.0 Å². The fourth-order valence-electron chi connectivity index (χ4n) is 2.52. The van der Waals surface area contributed by atoms with Gasteiger partial charge in [-0.05, 0) is 44.4 Å². The van der Waals surface area contributed by atoms with E-state index in [9.17, 15) is 4.79 Å². The molecule has 5 heteroatoms. The lowest BCUT2D eigenvalue weighted by Gasteiger charge is -2.37. The van der Waals surface area contributed by atoms with Gasteiger partial charge in [-0.3, -0.25) is 0 Å². The maximum Gasteiger partial charge on any atom is 0.322 e. The average Bonchev–Trinajstić information content (AvgIpc) is 2.38. The van der Waals surface area contributed by atoms with Crippen LogP contribution in [-0.4, -0.2) is 29.6 Å². The second-order valence-electron chi connectivity index (χ2n) is 5.06. The van der Waals surface area contributed by atoms with E-state index < -0.39 is 0 Å². The summed E-state index contributed by atoms with van der Waals surface area (Å²) in [6, 6.07) is 7.18. The van der Waals surface area contributed by atoms with Gasteiger partial charge in [0.15, 0.2) is 0 Å². The largest absolute Gasteiger partial charge is 0.326 e. The molecule has 104 valence electrons. The number of benzene rings is 1. The molecule has 1 aromatic carbocycles. The van der Waals surface area contributed by atoms with Crippen molar-refractivity contribution in [1.82, 2.24) is 4.90 Å². The molecule has 0 saturated carbocycles. The number of likely N-dealkylation sites (tertiary alicyclic amines) is 1. The molecule has 2 rings (SSSR count). The molecule has 1 aliphatic rings. The summed E-state index contributed by atoms with van der Waals surface area (Å²) in [5.41, 5.74) is 6.68. The topological polar surface area (TPSA) is 58.4 Å². The number of urea groups is 1. The Kier molecular flexibility index (Phi) is 4.66. The molecule has 0 radical (unpaired) electrons. The molecule has 1 saturated heterocycles. The smallest absolute Gasteiger partial charge is 0.322 e. The van der Waals surface area contributed by atoms with Gasteiger partial charge in [0, 0.05) is 29.3 Å². The van der Waals surface area contributed by atoms with Gasteiger partial charge in [-0.2, -0.15) is 0 Å². The Balaban J connectivity index is 2.05. The number of carbonyl (C=O) groups is 1. The monoisotopic (exact) mass is 281 g/mol. The second-order valence-corrected chi connectivity index (χ2v) is 5.49. The third-order valence-electron chi connectivity index (χ3n) is 3.49. The van der Waals surface area contributed by atoms with Gasteiger partial charge in [-0.1, -0.05) is 17.7 Å². The molecule has 1 aliphatic heterocycles. The maximum atomic E-state index is 12.3. The van der Waals surface area contributed by atoms with Crippen molar-refractivity contribution in [2.45, 2.75) is 38.3 Å². The van der Waals surface area contributed by atoms with Crippen LogP contribution in [0.5, 0.6) is 0 Å². The van der Waals surface area contributed by atoms with Crippen molar-refractivity contribution in [3.8, 4) is 0 Å². The summed E-state index contributed by atoms with van der Waals surface area (Å²) in [6.45, 7) is 2.72. The molecule has 2 atom stereocenters. The fourth-order valence-corrected chi connectivity index (χ4v) is 2.71. The Morgan fingerprint density at radius 1 is 1.53 bits per heavy atom. The fraction of sp³-hybridized carbons (Fsp3) is 0.500. The molecule has 2 unspecified atom stereocenters. The summed E-state index contributed by atoms with van der Waals surface area (Å²) in [5.74, 6) is 0. The van der Waals surface area contributed by atoms with Gasteiger partial charge in [0.25, 0.3) is 0 Å². The van der Waals surface area contributed by atoms with E-state index in [-0.39, 0.29) is 18.1 Å². The van der Waals surface area contributed by atoms with Gasteiger partial charge in [-0.15, -0.1) is 0 Å². The first-order chi connectivity index (χ1) is 9.08. The molecule has 4 nitrogen and oxygen atoms in total. The highest BCUT2D eigenvalue weighted by Gasteiger charge is 2.29. The first kappa shape index (κ1) is 14.2. The molecule has 2 amide bonds. The van der Waals surface area contributed by atoms with E-state index in [0.29, 0.717) is 10.7 Å². The van der Waals surface area contributed by atoms with Crippen molar-refractivity contribution in [2.24, 2.45) is 5.73 Å². The van der Waals surface area contributed by atoms with E-state index in [0.717, 1.165) is 25.8 Å². The van der Waals surface area contributed by atoms with Gasteiger partial charge in [0.2, 0.25) is 0 Å². The van der Waals surface area contributed by atoms with Gasteiger partial charge >= 0.3 is 6.03 Å². The minimum absolute atomic E-state index is 0.00888. The molecule has 1 heterocycles. The van der Waals surface area contributed by atoms with E-state index in [4.69, 9.17) is 17.3 Å². The van der Waals surface area contributed by atoms with Crippen LogP contribution in [-0.2, 0) is 0 Å². The summed E-state index contributed by atoms with van der Waals surface area (Å²) in [6.07, 6.45) is 3.14. The van der Waals surface area contributed by atoms with Crippen LogP contribution in [0.15, 0.2) is 24.3 Å². The van der Waals surface area contributed by atoms with Crippen LogP contribution in [0.3, 0.4) is 0 Å². The van der Waals surface area contributed by atoms with Gasteiger partial charge in [0.05, 0.1) is 0 Å². The standard InChI is InChI=1S/C14H20ClN3O/c1-10(16)13-7-2-3-8-18(13)14(19)17-12-6-4-5-11(15)9-12/h4-6,9-10,13H,2-3,7-8,16H2,1H3,(H,17,19). The highest BCUT2D eigenvalue weighted by atomic mass is 35.5.